The van der Waals surface area contributed by atoms with Crippen molar-refractivity contribution in [3.05, 3.63) is 18.2 Å². The van der Waals surface area contributed by atoms with Crippen molar-refractivity contribution in [1.82, 2.24) is 19.4 Å². The van der Waals surface area contributed by atoms with Crippen LogP contribution >= 0.6 is 0 Å². The largest absolute Gasteiger partial charge is 0.379 e. The fraction of sp³-hybridized carbons (Fsp3) is 0.765. The van der Waals surface area contributed by atoms with Gasteiger partial charge in [0.15, 0.2) is 0 Å². The van der Waals surface area contributed by atoms with Gasteiger partial charge in [0, 0.05) is 45.0 Å². The fourth-order valence-corrected chi connectivity index (χ4v) is 3.72. The number of amides is 1. The first kappa shape index (κ1) is 16.5. The average molecular weight is 320 g/mol. The molecule has 0 bridgehead atoms. The highest BCUT2D eigenvalue weighted by molar-refractivity contribution is 5.81. The Hall–Kier alpha value is -1.40. The number of hydrogen-bond donors (Lipinski definition) is 0. The van der Waals surface area contributed by atoms with E-state index in [2.05, 4.69) is 27.6 Å². The normalized spacial score (nSPS) is 24.6. The summed E-state index contributed by atoms with van der Waals surface area (Å²) in [4.78, 5) is 21.6. The Morgan fingerprint density at radius 3 is 2.91 bits per heavy atom. The Kier molecular flexibility index (Phi) is 5.33. The first-order valence-electron chi connectivity index (χ1n) is 8.83. The summed E-state index contributed by atoms with van der Waals surface area (Å²) in [6.45, 7) is 9.01. The Bertz CT molecular complexity index is 524. The number of imidazole rings is 1. The third kappa shape index (κ3) is 3.58. The molecule has 6 nitrogen and oxygen atoms in total. The topological polar surface area (TPSA) is 50.6 Å². The van der Waals surface area contributed by atoms with Gasteiger partial charge in [0.05, 0.1) is 25.3 Å². The second kappa shape index (κ2) is 7.45. The van der Waals surface area contributed by atoms with Crippen LogP contribution in [0, 0.1) is 0 Å². The number of morpholine rings is 1. The summed E-state index contributed by atoms with van der Waals surface area (Å²) < 4.78 is 7.65. The maximum absolute atomic E-state index is 12.9. The summed E-state index contributed by atoms with van der Waals surface area (Å²) in [5.41, 5.74) is 0. The van der Waals surface area contributed by atoms with Crippen LogP contribution < -0.4 is 0 Å². The van der Waals surface area contributed by atoms with E-state index in [9.17, 15) is 4.79 Å². The molecule has 2 saturated heterocycles. The van der Waals surface area contributed by atoms with Crippen LogP contribution in [0.5, 0.6) is 0 Å². The van der Waals surface area contributed by atoms with Crippen LogP contribution in [-0.4, -0.2) is 70.7 Å². The van der Waals surface area contributed by atoms with E-state index in [-0.39, 0.29) is 11.9 Å². The zero-order valence-electron chi connectivity index (χ0n) is 14.3. The number of carbonyl (C=O) groups is 1. The first-order chi connectivity index (χ1) is 11.2. The number of ether oxygens (including phenoxy) is 1. The van der Waals surface area contributed by atoms with Crippen molar-refractivity contribution in [2.45, 2.75) is 45.2 Å². The summed E-state index contributed by atoms with van der Waals surface area (Å²) in [6.07, 6.45) is 7.05. The van der Waals surface area contributed by atoms with Gasteiger partial charge < -0.3 is 14.2 Å². The predicted octanol–water partition coefficient (Wildman–Crippen LogP) is 1.33. The summed E-state index contributed by atoms with van der Waals surface area (Å²) in [7, 11) is 0. The lowest BCUT2D eigenvalue weighted by Gasteiger charge is -2.38. The van der Waals surface area contributed by atoms with E-state index in [0.717, 1.165) is 64.5 Å². The van der Waals surface area contributed by atoms with Crippen LogP contribution in [0.3, 0.4) is 0 Å². The molecule has 23 heavy (non-hydrogen) atoms. The van der Waals surface area contributed by atoms with Crippen molar-refractivity contribution in [2.75, 3.05) is 39.4 Å². The summed E-state index contributed by atoms with van der Waals surface area (Å²) in [6, 6.07) is 0.313. The van der Waals surface area contributed by atoms with Crippen molar-refractivity contribution in [2.24, 2.45) is 0 Å². The van der Waals surface area contributed by atoms with Gasteiger partial charge in [0.1, 0.15) is 5.82 Å². The molecule has 6 heteroatoms. The summed E-state index contributed by atoms with van der Waals surface area (Å²) >= 11 is 0. The Labute approximate surface area is 138 Å². The lowest BCUT2D eigenvalue weighted by Crippen LogP contribution is -2.53. The van der Waals surface area contributed by atoms with E-state index in [0.29, 0.717) is 6.04 Å². The van der Waals surface area contributed by atoms with Gasteiger partial charge >= 0.3 is 0 Å². The van der Waals surface area contributed by atoms with E-state index in [4.69, 9.17) is 4.74 Å². The highest BCUT2D eigenvalue weighted by Crippen LogP contribution is 2.24. The molecule has 128 valence electrons. The molecule has 0 saturated carbocycles. The zero-order valence-corrected chi connectivity index (χ0v) is 14.3. The minimum absolute atomic E-state index is 0.0499. The molecule has 0 radical (unpaired) electrons. The minimum atomic E-state index is -0.0499. The van der Waals surface area contributed by atoms with Crippen molar-refractivity contribution in [1.29, 1.82) is 0 Å². The van der Waals surface area contributed by atoms with Crippen LogP contribution in [0.2, 0.25) is 0 Å². The molecule has 1 aromatic rings. The van der Waals surface area contributed by atoms with Crippen LogP contribution in [0.15, 0.2) is 12.4 Å². The van der Waals surface area contributed by atoms with Crippen LogP contribution in [0.25, 0.3) is 0 Å². The van der Waals surface area contributed by atoms with Crippen molar-refractivity contribution >= 4 is 5.91 Å². The lowest BCUT2D eigenvalue weighted by atomic mass is 10.0. The Balaban J connectivity index is 1.64. The summed E-state index contributed by atoms with van der Waals surface area (Å²) in [5.74, 6) is 1.38. The van der Waals surface area contributed by atoms with E-state index in [1.165, 1.54) is 0 Å². The number of likely N-dealkylation sites (tertiary alicyclic amines) is 1. The highest BCUT2D eigenvalue weighted by atomic mass is 16.5. The molecule has 0 aliphatic carbocycles. The molecule has 0 N–H and O–H groups in total. The van der Waals surface area contributed by atoms with Gasteiger partial charge in [-0.2, -0.15) is 0 Å². The van der Waals surface area contributed by atoms with E-state index in [1.807, 2.05) is 18.0 Å². The van der Waals surface area contributed by atoms with E-state index < -0.39 is 0 Å². The predicted molar refractivity (Wildman–Crippen MR) is 88.3 cm³/mol. The number of rotatable bonds is 4. The maximum Gasteiger partial charge on any atom is 0.239 e. The monoisotopic (exact) mass is 320 g/mol. The standard InChI is InChI=1S/C17H28N4O2/c1-3-16-18-6-8-21(16)15-5-4-7-20(13-15)17(22)14(2)19-9-11-23-12-10-19/h6,8,14-15H,3-5,7,9-13H2,1-2H3/t14-,15-/m0/s1. The SMILES string of the molecule is CCc1nccn1[C@H]1CCCN(C(=O)[C@H](C)N2CCOCC2)C1. The summed E-state index contributed by atoms with van der Waals surface area (Å²) in [5, 5.41) is 0. The van der Waals surface area contributed by atoms with Gasteiger partial charge in [0.2, 0.25) is 5.91 Å². The third-order valence-corrected chi connectivity index (χ3v) is 5.12. The van der Waals surface area contributed by atoms with Crippen molar-refractivity contribution in [3.8, 4) is 0 Å². The molecule has 1 aromatic heterocycles. The van der Waals surface area contributed by atoms with Crippen LogP contribution in [0.1, 0.15) is 38.6 Å². The lowest BCUT2D eigenvalue weighted by molar-refractivity contribution is -0.139. The molecule has 2 fully saturated rings. The fourth-order valence-electron chi connectivity index (χ4n) is 3.72. The molecule has 2 atom stereocenters. The average Bonchev–Trinajstić information content (AvgIpc) is 3.10. The van der Waals surface area contributed by atoms with Gasteiger partial charge in [-0.3, -0.25) is 9.69 Å². The second-order valence-corrected chi connectivity index (χ2v) is 6.51. The van der Waals surface area contributed by atoms with Gasteiger partial charge in [-0.1, -0.05) is 6.92 Å². The van der Waals surface area contributed by atoms with E-state index in [1.54, 1.807) is 0 Å². The van der Waals surface area contributed by atoms with Gasteiger partial charge in [-0.15, -0.1) is 0 Å². The highest BCUT2D eigenvalue weighted by Gasteiger charge is 2.31. The van der Waals surface area contributed by atoms with Gasteiger partial charge in [0.25, 0.3) is 0 Å². The third-order valence-electron chi connectivity index (χ3n) is 5.12. The smallest absolute Gasteiger partial charge is 0.239 e. The number of nitrogens with zero attached hydrogens (tertiary/aromatic N) is 4. The van der Waals surface area contributed by atoms with Crippen molar-refractivity contribution in [3.63, 3.8) is 0 Å². The minimum Gasteiger partial charge on any atom is -0.379 e. The molecule has 2 aliphatic rings. The molecule has 3 heterocycles. The number of hydrogen-bond acceptors (Lipinski definition) is 4. The van der Waals surface area contributed by atoms with Gasteiger partial charge in [-0.05, 0) is 19.8 Å². The van der Waals surface area contributed by atoms with Gasteiger partial charge in [-0.25, -0.2) is 4.98 Å². The number of piperidine rings is 1. The Morgan fingerprint density at radius 1 is 1.39 bits per heavy atom. The molecule has 0 spiro atoms. The molecular formula is C17H28N4O2. The Morgan fingerprint density at radius 2 is 2.17 bits per heavy atom. The van der Waals surface area contributed by atoms with Crippen LogP contribution in [-0.2, 0) is 16.0 Å². The molecule has 2 aliphatic heterocycles. The van der Waals surface area contributed by atoms with Crippen molar-refractivity contribution < 1.29 is 9.53 Å². The first-order valence-corrected chi connectivity index (χ1v) is 8.83. The maximum atomic E-state index is 12.9. The quantitative estimate of drug-likeness (QED) is 0.840. The molecule has 3 rings (SSSR count). The molecule has 0 aromatic carbocycles. The molecular weight excluding hydrogens is 292 g/mol. The number of aromatic nitrogens is 2. The molecule has 1 amide bonds. The number of aryl methyl sites for hydroxylation is 1. The number of carbonyl (C=O) groups excluding carboxylic acids is 1. The van der Waals surface area contributed by atoms with Crippen LogP contribution in [0.4, 0.5) is 0 Å². The zero-order chi connectivity index (χ0) is 16.2. The van der Waals surface area contributed by atoms with E-state index >= 15 is 0 Å². The molecule has 0 unspecified atom stereocenters. The second-order valence-electron chi connectivity index (χ2n) is 6.51.